The highest BCUT2D eigenvalue weighted by molar-refractivity contribution is 6.38. The second-order valence-corrected chi connectivity index (χ2v) is 5.82. The van der Waals surface area contributed by atoms with E-state index in [1.807, 2.05) is 61.5 Å². The fraction of sp³-hybridized carbons (Fsp3) is 0.105. The molecule has 0 bridgehead atoms. The summed E-state index contributed by atoms with van der Waals surface area (Å²) < 4.78 is 0. The van der Waals surface area contributed by atoms with E-state index in [2.05, 4.69) is 15.5 Å². The van der Waals surface area contributed by atoms with Crippen LogP contribution in [0, 0.1) is 12.3 Å². The molecule has 1 aromatic heterocycles. The molecule has 120 valence electrons. The molecule has 0 amide bonds. The first kappa shape index (κ1) is 16.1. The molecule has 0 aliphatic rings. The van der Waals surface area contributed by atoms with Crippen molar-refractivity contribution in [2.45, 2.75) is 6.92 Å². The van der Waals surface area contributed by atoms with Crippen molar-refractivity contribution in [3.8, 4) is 11.3 Å². The number of hydrogen-bond donors (Lipinski definition) is 2. The zero-order chi connectivity index (χ0) is 17.1. The van der Waals surface area contributed by atoms with Crippen LogP contribution in [-0.2, 0) is 0 Å². The van der Waals surface area contributed by atoms with Crippen LogP contribution in [0.3, 0.4) is 0 Å². The van der Waals surface area contributed by atoms with E-state index < -0.39 is 0 Å². The molecule has 0 saturated heterocycles. The Morgan fingerprint density at radius 2 is 1.79 bits per heavy atom. The van der Waals surface area contributed by atoms with Gasteiger partial charge in [-0.1, -0.05) is 65.7 Å². The molecule has 0 fully saturated rings. The summed E-state index contributed by atoms with van der Waals surface area (Å²) in [6.45, 7) is 2.00. The van der Waals surface area contributed by atoms with Crippen molar-refractivity contribution in [3.05, 3.63) is 76.3 Å². The third-order valence-electron chi connectivity index (χ3n) is 3.75. The third-order valence-corrected chi connectivity index (χ3v) is 4.12. The first-order valence-corrected chi connectivity index (χ1v) is 7.95. The molecule has 4 nitrogen and oxygen atoms in total. The van der Waals surface area contributed by atoms with Crippen LogP contribution in [-0.4, -0.2) is 23.0 Å². The summed E-state index contributed by atoms with van der Waals surface area (Å²) >= 11 is 6.63. The molecule has 5 heteroatoms. The Morgan fingerprint density at radius 1 is 1.04 bits per heavy atom. The van der Waals surface area contributed by atoms with E-state index >= 15 is 0 Å². The van der Waals surface area contributed by atoms with Gasteiger partial charge in [-0.25, -0.2) is 0 Å². The van der Waals surface area contributed by atoms with E-state index in [0.29, 0.717) is 27.8 Å². The molecule has 0 atom stereocenters. The quantitative estimate of drug-likeness (QED) is 0.686. The van der Waals surface area contributed by atoms with Gasteiger partial charge in [0, 0.05) is 18.2 Å². The van der Waals surface area contributed by atoms with E-state index in [4.69, 9.17) is 17.0 Å². The van der Waals surface area contributed by atoms with Gasteiger partial charge in [-0.15, -0.1) is 10.2 Å². The molecule has 3 rings (SSSR count). The number of anilines is 1. The van der Waals surface area contributed by atoms with Gasteiger partial charge in [0.05, 0.1) is 16.3 Å². The number of hydrogen-bond acceptors (Lipinski definition) is 4. The number of aryl methyl sites for hydroxylation is 1. The van der Waals surface area contributed by atoms with Crippen molar-refractivity contribution in [2.75, 3.05) is 12.4 Å². The first-order valence-electron chi connectivity index (χ1n) is 7.57. The van der Waals surface area contributed by atoms with Gasteiger partial charge < -0.3 is 5.32 Å². The third kappa shape index (κ3) is 3.01. The van der Waals surface area contributed by atoms with Crippen molar-refractivity contribution in [2.24, 2.45) is 0 Å². The van der Waals surface area contributed by atoms with E-state index in [1.165, 1.54) is 0 Å². The number of rotatable bonds is 4. The summed E-state index contributed by atoms with van der Waals surface area (Å²) in [5.41, 5.74) is 4.20. The lowest BCUT2D eigenvalue weighted by Crippen LogP contribution is -2.10. The zero-order valence-corrected chi connectivity index (χ0v) is 14.2. The maximum Gasteiger partial charge on any atom is 0.159 e. The lowest BCUT2D eigenvalue weighted by molar-refractivity contribution is 1.03. The predicted molar refractivity (Wildman–Crippen MR) is 99.1 cm³/mol. The summed E-state index contributed by atoms with van der Waals surface area (Å²) in [7, 11) is 1.75. The Labute approximate surface area is 146 Å². The van der Waals surface area contributed by atoms with Crippen LogP contribution < -0.4 is 5.32 Å². The Bertz CT molecular complexity index is 891. The molecule has 0 unspecified atom stereocenters. The van der Waals surface area contributed by atoms with Gasteiger partial charge in [0.1, 0.15) is 5.69 Å². The van der Waals surface area contributed by atoms with Gasteiger partial charge in [-0.3, -0.25) is 5.41 Å². The molecule has 0 radical (unpaired) electrons. The molecule has 0 aliphatic heterocycles. The largest absolute Gasteiger partial charge is 0.371 e. The second kappa shape index (κ2) is 6.81. The number of nitrogens with one attached hydrogen (secondary N) is 2. The minimum Gasteiger partial charge on any atom is -0.371 e. The van der Waals surface area contributed by atoms with Crippen molar-refractivity contribution >= 4 is 23.1 Å². The molecular formula is C19H17ClN4. The number of aromatic nitrogens is 2. The molecular weight excluding hydrogens is 320 g/mol. The van der Waals surface area contributed by atoms with Gasteiger partial charge in [0.25, 0.3) is 0 Å². The molecule has 2 aromatic carbocycles. The van der Waals surface area contributed by atoms with Gasteiger partial charge >= 0.3 is 0 Å². The van der Waals surface area contributed by atoms with Gasteiger partial charge in [0.2, 0.25) is 0 Å². The van der Waals surface area contributed by atoms with Crippen molar-refractivity contribution in [1.29, 1.82) is 5.41 Å². The molecule has 1 heterocycles. The minimum absolute atomic E-state index is 0.320. The lowest BCUT2D eigenvalue weighted by atomic mass is 9.99. The van der Waals surface area contributed by atoms with Crippen LogP contribution in [0.1, 0.15) is 16.7 Å². The number of halogens is 1. The van der Waals surface area contributed by atoms with E-state index in [0.717, 1.165) is 16.7 Å². The second-order valence-electron chi connectivity index (χ2n) is 5.45. The maximum atomic E-state index is 8.62. The van der Waals surface area contributed by atoms with Crippen molar-refractivity contribution in [1.82, 2.24) is 10.2 Å². The summed E-state index contributed by atoms with van der Waals surface area (Å²) in [6.07, 6.45) is 0. The van der Waals surface area contributed by atoms with E-state index in [1.54, 1.807) is 7.05 Å². The standard InChI is InChI=1S/C19H17ClN4/c1-12-7-6-10-14(11-12)17(21)15-16(20)18(23-24-19(15)22-2)13-8-4-3-5-9-13/h3-11,21H,1-2H3,(H,22,24). The van der Waals surface area contributed by atoms with Crippen LogP contribution in [0.2, 0.25) is 5.02 Å². The summed E-state index contributed by atoms with van der Waals surface area (Å²) in [5, 5.41) is 20.5. The molecule has 3 aromatic rings. The Morgan fingerprint density at radius 3 is 2.46 bits per heavy atom. The molecule has 0 saturated carbocycles. The average molecular weight is 337 g/mol. The van der Waals surface area contributed by atoms with Crippen LogP contribution in [0.15, 0.2) is 54.6 Å². The van der Waals surface area contributed by atoms with Crippen LogP contribution in [0.25, 0.3) is 11.3 Å². The zero-order valence-electron chi connectivity index (χ0n) is 13.5. The first-order chi connectivity index (χ1) is 11.6. The SMILES string of the molecule is CNc1nnc(-c2ccccc2)c(Cl)c1C(=N)c1cccc(C)c1. The number of nitrogens with zero attached hydrogens (tertiary/aromatic N) is 2. The van der Waals surface area contributed by atoms with E-state index in [-0.39, 0.29) is 0 Å². The molecule has 0 spiro atoms. The monoisotopic (exact) mass is 336 g/mol. The Balaban J connectivity index is 2.17. The summed E-state index contributed by atoms with van der Waals surface area (Å²) in [6, 6.07) is 17.4. The highest BCUT2D eigenvalue weighted by atomic mass is 35.5. The van der Waals surface area contributed by atoms with Gasteiger partial charge in [-0.05, 0) is 13.0 Å². The van der Waals surface area contributed by atoms with Crippen molar-refractivity contribution in [3.63, 3.8) is 0 Å². The molecule has 2 N–H and O–H groups in total. The normalized spacial score (nSPS) is 10.5. The van der Waals surface area contributed by atoms with Crippen LogP contribution in [0.5, 0.6) is 0 Å². The minimum atomic E-state index is 0.320. The maximum absolute atomic E-state index is 8.62. The highest BCUT2D eigenvalue weighted by Gasteiger charge is 2.20. The fourth-order valence-corrected chi connectivity index (χ4v) is 2.88. The topological polar surface area (TPSA) is 61.7 Å². The predicted octanol–water partition coefficient (Wildman–Crippen LogP) is 4.56. The Hall–Kier alpha value is -2.72. The summed E-state index contributed by atoms with van der Waals surface area (Å²) in [4.78, 5) is 0. The lowest BCUT2D eigenvalue weighted by Gasteiger charge is -2.14. The van der Waals surface area contributed by atoms with Crippen LogP contribution in [0.4, 0.5) is 5.82 Å². The van der Waals surface area contributed by atoms with Crippen LogP contribution >= 0.6 is 11.6 Å². The highest BCUT2D eigenvalue weighted by Crippen LogP contribution is 2.33. The number of benzene rings is 2. The smallest absolute Gasteiger partial charge is 0.159 e. The van der Waals surface area contributed by atoms with E-state index in [9.17, 15) is 0 Å². The summed E-state index contributed by atoms with van der Waals surface area (Å²) in [5.74, 6) is 0.492. The molecule has 0 aliphatic carbocycles. The Kier molecular flexibility index (Phi) is 4.58. The molecule has 24 heavy (non-hydrogen) atoms. The van der Waals surface area contributed by atoms with Gasteiger partial charge in [-0.2, -0.15) is 0 Å². The van der Waals surface area contributed by atoms with Gasteiger partial charge in [0.15, 0.2) is 5.82 Å². The van der Waals surface area contributed by atoms with Crippen molar-refractivity contribution < 1.29 is 0 Å². The fourth-order valence-electron chi connectivity index (χ4n) is 2.54. The average Bonchev–Trinajstić information content (AvgIpc) is 2.61.